The van der Waals surface area contributed by atoms with Crippen molar-refractivity contribution in [1.82, 2.24) is 20.0 Å². The van der Waals surface area contributed by atoms with E-state index in [0.717, 1.165) is 38.0 Å². The summed E-state index contributed by atoms with van der Waals surface area (Å²) in [6.45, 7) is 4.94. The highest BCUT2D eigenvalue weighted by atomic mass is 16.3. The lowest BCUT2D eigenvalue weighted by atomic mass is 10.2. The quantitative estimate of drug-likeness (QED) is 0.726. The zero-order chi connectivity index (χ0) is 15.2. The standard InChI is InChI=1S/C15H26N4O2/c1-12-14(10-17-18(12)2)15(21)16-7-3-4-8-19-9-5-6-13(19)11-20/h10,13,20H,3-9,11H2,1-2H3,(H,16,21). The van der Waals surface area contributed by atoms with Crippen molar-refractivity contribution in [2.24, 2.45) is 7.05 Å². The molecule has 1 amide bonds. The summed E-state index contributed by atoms with van der Waals surface area (Å²) in [6, 6.07) is 0.345. The molecule has 1 aromatic heterocycles. The summed E-state index contributed by atoms with van der Waals surface area (Å²) in [7, 11) is 1.83. The lowest BCUT2D eigenvalue weighted by molar-refractivity contribution is 0.0951. The van der Waals surface area contributed by atoms with Crippen molar-refractivity contribution >= 4 is 5.91 Å². The molecule has 1 aliphatic heterocycles. The van der Waals surface area contributed by atoms with Gasteiger partial charge in [-0.2, -0.15) is 5.10 Å². The van der Waals surface area contributed by atoms with Gasteiger partial charge < -0.3 is 10.4 Å². The summed E-state index contributed by atoms with van der Waals surface area (Å²) in [5, 5.41) is 16.3. The second-order valence-electron chi connectivity index (χ2n) is 5.74. The van der Waals surface area contributed by atoms with Gasteiger partial charge in [0, 0.05) is 25.3 Å². The molecule has 6 nitrogen and oxygen atoms in total. The van der Waals surface area contributed by atoms with Gasteiger partial charge in [-0.3, -0.25) is 14.4 Å². The van der Waals surface area contributed by atoms with Crippen LogP contribution in [0.2, 0.25) is 0 Å². The average molecular weight is 294 g/mol. The number of nitrogens with one attached hydrogen (secondary N) is 1. The van der Waals surface area contributed by atoms with Crippen LogP contribution in [-0.4, -0.2) is 58.0 Å². The Morgan fingerprint density at radius 1 is 1.52 bits per heavy atom. The van der Waals surface area contributed by atoms with Gasteiger partial charge >= 0.3 is 0 Å². The van der Waals surface area contributed by atoms with Crippen LogP contribution in [0.5, 0.6) is 0 Å². The fourth-order valence-electron chi connectivity index (χ4n) is 2.85. The van der Waals surface area contributed by atoms with Crippen molar-refractivity contribution in [3.63, 3.8) is 0 Å². The Balaban J connectivity index is 1.64. The Kier molecular flexibility index (Phi) is 5.76. The Bertz CT molecular complexity index is 472. The van der Waals surface area contributed by atoms with Gasteiger partial charge in [-0.05, 0) is 45.7 Å². The number of unbranched alkanes of at least 4 members (excludes halogenated alkanes) is 1. The highest BCUT2D eigenvalue weighted by Crippen LogP contribution is 2.16. The molecular weight excluding hydrogens is 268 g/mol. The molecule has 6 heteroatoms. The molecule has 1 aromatic rings. The number of aromatic nitrogens is 2. The van der Waals surface area contributed by atoms with Crippen LogP contribution in [0.1, 0.15) is 41.7 Å². The number of aliphatic hydroxyl groups is 1. The molecule has 2 heterocycles. The van der Waals surface area contributed by atoms with E-state index in [4.69, 9.17) is 0 Å². The van der Waals surface area contributed by atoms with Gasteiger partial charge in [0.2, 0.25) is 0 Å². The normalized spacial score (nSPS) is 19.1. The van der Waals surface area contributed by atoms with E-state index in [1.165, 1.54) is 6.42 Å². The second-order valence-corrected chi connectivity index (χ2v) is 5.74. The van der Waals surface area contributed by atoms with Gasteiger partial charge in [0.25, 0.3) is 5.91 Å². The van der Waals surface area contributed by atoms with Gasteiger partial charge in [0.1, 0.15) is 0 Å². The topological polar surface area (TPSA) is 70.4 Å². The molecule has 0 spiro atoms. The van der Waals surface area contributed by atoms with Crippen LogP contribution >= 0.6 is 0 Å². The van der Waals surface area contributed by atoms with Crippen LogP contribution in [0.4, 0.5) is 0 Å². The molecule has 1 atom stereocenters. The molecule has 1 aliphatic rings. The summed E-state index contributed by atoms with van der Waals surface area (Å²) >= 11 is 0. The molecule has 0 bridgehead atoms. The van der Waals surface area contributed by atoms with Crippen molar-refractivity contribution in [3.05, 3.63) is 17.5 Å². The molecule has 1 unspecified atom stereocenters. The Morgan fingerprint density at radius 3 is 3.00 bits per heavy atom. The van der Waals surface area contributed by atoms with Gasteiger partial charge in [0.15, 0.2) is 0 Å². The molecule has 0 aliphatic carbocycles. The molecule has 21 heavy (non-hydrogen) atoms. The fraction of sp³-hybridized carbons (Fsp3) is 0.733. The largest absolute Gasteiger partial charge is 0.395 e. The fourth-order valence-corrected chi connectivity index (χ4v) is 2.85. The summed E-state index contributed by atoms with van der Waals surface area (Å²) in [5.41, 5.74) is 1.53. The van der Waals surface area contributed by atoms with Gasteiger partial charge in [0.05, 0.1) is 18.4 Å². The molecule has 0 radical (unpaired) electrons. The SMILES string of the molecule is Cc1c(C(=O)NCCCCN2CCCC2CO)cnn1C. The lowest BCUT2D eigenvalue weighted by Crippen LogP contribution is -2.33. The van der Waals surface area contributed by atoms with Crippen molar-refractivity contribution < 1.29 is 9.90 Å². The monoisotopic (exact) mass is 294 g/mol. The number of nitrogens with zero attached hydrogens (tertiary/aromatic N) is 3. The minimum Gasteiger partial charge on any atom is -0.395 e. The smallest absolute Gasteiger partial charge is 0.254 e. The third-order valence-corrected chi connectivity index (χ3v) is 4.35. The van der Waals surface area contributed by atoms with E-state index in [1.54, 1.807) is 10.9 Å². The number of rotatable bonds is 7. The number of aliphatic hydroxyl groups excluding tert-OH is 1. The Morgan fingerprint density at radius 2 is 2.33 bits per heavy atom. The zero-order valence-electron chi connectivity index (χ0n) is 13.0. The van der Waals surface area contributed by atoms with E-state index in [9.17, 15) is 9.90 Å². The third kappa shape index (κ3) is 4.04. The maximum atomic E-state index is 12.0. The number of amides is 1. The lowest BCUT2D eigenvalue weighted by Gasteiger charge is -2.22. The van der Waals surface area contributed by atoms with E-state index < -0.39 is 0 Å². The summed E-state index contributed by atoms with van der Waals surface area (Å²) < 4.78 is 1.71. The number of carbonyl (C=O) groups excluding carboxylic acids is 1. The van der Waals surface area contributed by atoms with E-state index in [-0.39, 0.29) is 12.5 Å². The number of hydrogen-bond acceptors (Lipinski definition) is 4. The maximum Gasteiger partial charge on any atom is 0.254 e. The zero-order valence-corrected chi connectivity index (χ0v) is 13.0. The first-order valence-corrected chi connectivity index (χ1v) is 7.75. The second kappa shape index (κ2) is 7.56. The van der Waals surface area contributed by atoms with E-state index in [2.05, 4.69) is 15.3 Å². The van der Waals surface area contributed by atoms with Crippen LogP contribution < -0.4 is 5.32 Å². The van der Waals surface area contributed by atoms with Crippen LogP contribution in [-0.2, 0) is 7.05 Å². The van der Waals surface area contributed by atoms with Crippen molar-refractivity contribution in [3.8, 4) is 0 Å². The number of aryl methyl sites for hydroxylation is 1. The summed E-state index contributed by atoms with van der Waals surface area (Å²) in [4.78, 5) is 14.3. The number of hydrogen-bond donors (Lipinski definition) is 2. The van der Waals surface area contributed by atoms with Gasteiger partial charge in [-0.15, -0.1) is 0 Å². The first-order chi connectivity index (χ1) is 10.1. The van der Waals surface area contributed by atoms with Gasteiger partial charge in [-0.25, -0.2) is 0 Å². The molecular formula is C15H26N4O2. The highest BCUT2D eigenvalue weighted by molar-refractivity contribution is 5.94. The van der Waals surface area contributed by atoms with Crippen LogP contribution in [0.3, 0.4) is 0 Å². The van der Waals surface area contributed by atoms with Crippen molar-refractivity contribution in [2.45, 2.75) is 38.6 Å². The molecule has 2 rings (SSSR count). The van der Waals surface area contributed by atoms with Crippen LogP contribution in [0.25, 0.3) is 0 Å². The van der Waals surface area contributed by atoms with Gasteiger partial charge in [-0.1, -0.05) is 0 Å². The molecule has 0 aromatic carbocycles. The van der Waals surface area contributed by atoms with E-state index in [0.29, 0.717) is 18.2 Å². The predicted octanol–water partition coefficient (Wildman–Crippen LogP) is 0.695. The predicted molar refractivity (Wildman–Crippen MR) is 81.2 cm³/mol. The van der Waals surface area contributed by atoms with Crippen LogP contribution in [0.15, 0.2) is 6.20 Å². The first-order valence-electron chi connectivity index (χ1n) is 7.75. The maximum absolute atomic E-state index is 12.0. The summed E-state index contributed by atoms with van der Waals surface area (Å²) in [5.74, 6) is -0.0463. The minimum absolute atomic E-state index is 0.0463. The molecule has 0 saturated carbocycles. The average Bonchev–Trinajstić information content (AvgIpc) is 3.06. The molecule has 2 N–H and O–H groups in total. The first kappa shape index (κ1) is 16.0. The molecule has 1 fully saturated rings. The van der Waals surface area contributed by atoms with E-state index in [1.807, 2.05) is 14.0 Å². The number of carbonyl (C=O) groups is 1. The highest BCUT2D eigenvalue weighted by Gasteiger charge is 2.22. The number of likely N-dealkylation sites (tertiary alicyclic amines) is 1. The minimum atomic E-state index is -0.0463. The third-order valence-electron chi connectivity index (χ3n) is 4.35. The molecule has 1 saturated heterocycles. The Hall–Kier alpha value is -1.40. The van der Waals surface area contributed by atoms with E-state index >= 15 is 0 Å². The summed E-state index contributed by atoms with van der Waals surface area (Å²) in [6.07, 6.45) is 5.90. The van der Waals surface area contributed by atoms with Crippen molar-refractivity contribution in [1.29, 1.82) is 0 Å². The molecule has 118 valence electrons. The van der Waals surface area contributed by atoms with Crippen LogP contribution in [0, 0.1) is 6.92 Å². The Labute approximate surface area is 126 Å². The van der Waals surface area contributed by atoms with Crippen molar-refractivity contribution in [2.75, 3.05) is 26.2 Å².